The normalized spacial score (nSPS) is 14.7. The van der Waals surface area contributed by atoms with Gasteiger partial charge in [0.1, 0.15) is 5.82 Å². The number of esters is 1. The molecule has 1 unspecified atom stereocenters. The average Bonchev–Trinajstić information content (AvgIpc) is 2.74. The maximum Gasteiger partial charge on any atom is 0.339 e. The van der Waals surface area contributed by atoms with Crippen molar-refractivity contribution in [3.05, 3.63) is 70.1 Å². The Bertz CT molecular complexity index is 1180. The lowest BCUT2D eigenvalue weighted by Gasteiger charge is -2.27. The van der Waals surface area contributed by atoms with Crippen molar-refractivity contribution in [3.63, 3.8) is 0 Å². The van der Waals surface area contributed by atoms with Gasteiger partial charge < -0.3 is 15.0 Å². The van der Waals surface area contributed by atoms with Gasteiger partial charge in [-0.1, -0.05) is 29.8 Å². The van der Waals surface area contributed by atoms with Crippen LogP contribution < -0.4 is 5.32 Å². The molecule has 0 saturated heterocycles. The Morgan fingerprint density at radius 3 is 2.81 bits per heavy atom. The molecule has 2 aromatic carbocycles. The van der Waals surface area contributed by atoms with E-state index in [1.54, 1.807) is 0 Å². The minimum atomic E-state index is -1.07. The zero-order chi connectivity index (χ0) is 22.1. The number of nitrogens with one attached hydrogen (secondary N) is 1. The number of hydrogen-bond donors (Lipinski definition) is 1. The first-order chi connectivity index (χ1) is 14.8. The topological polar surface area (TPSA) is 71.5 Å². The van der Waals surface area contributed by atoms with Crippen molar-refractivity contribution in [3.8, 4) is 0 Å². The van der Waals surface area contributed by atoms with Crippen molar-refractivity contribution in [2.75, 3.05) is 18.9 Å². The number of amides is 1. The number of aromatic nitrogens is 1. The number of fused-ring (bicyclic) bond motifs is 2. The van der Waals surface area contributed by atoms with Gasteiger partial charge in [0.2, 0.25) is 0 Å². The van der Waals surface area contributed by atoms with Gasteiger partial charge in [-0.3, -0.25) is 9.78 Å². The SMILES string of the molecule is CC(OC(=O)c1c2c(nc3ccccc13)CCN(C)C2)C(=O)Nc1ccc(F)c(Cl)c1. The molecule has 0 fully saturated rings. The molecule has 160 valence electrons. The largest absolute Gasteiger partial charge is 0.449 e. The Morgan fingerprint density at radius 1 is 1.26 bits per heavy atom. The van der Waals surface area contributed by atoms with Crippen LogP contribution in [0.2, 0.25) is 5.02 Å². The summed E-state index contributed by atoms with van der Waals surface area (Å²) < 4.78 is 18.9. The molecule has 31 heavy (non-hydrogen) atoms. The molecule has 0 bridgehead atoms. The first-order valence-electron chi connectivity index (χ1n) is 9.89. The second-order valence-electron chi connectivity index (χ2n) is 7.58. The van der Waals surface area contributed by atoms with Crippen LogP contribution >= 0.6 is 11.6 Å². The van der Waals surface area contributed by atoms with Crippen molar-refractivity contribution in [2.24, 2.45) is 0 Å². The van der Waals surface area contributed by atoms with Gasteiger partial charge in [-0.25, -0.2) is 9.18 Å². The molecule has 0 spiro atoms. The molecule has 1 aliphatic rings. The third kappa shape index (κ3) is 4.38. The molecular formula is C23H21ClFN3O3. The van der Waals surface area contributed by atoms with E-state index in [2.05, 4.69) is 10.2 Å². The lowest BCUT2D eigenvalue weighted by Crippen LogP contribution is -2.32. The highest BCUT2D eigenvalue weighted by atomic mass is 35.5. The molecule has 1 amide bonds. The molecule has 8 heteroatoms. The molecule has 1 atom stereocenters. The molecule has 3 aromatic rings. The third-order valence-electron chi connectivity index (χ3n) is 5.28. The smallest absolute Gasteiger partial charge is 0.339 e. The molecule has 1 aromatic heterocycles. The highest BCUT2D eigenvalue weighted by Crippen LogP contribution is 2.29. The monoisotopic (exact) mass is 441 g/mol. The molecular weight excluding hydrogens is 421 g/mol. The standard InChI is InChI=1S/C23H21ClFN3O3/c1-13(22(29)26-14-7-8-18(25)17(24)11-14)31-23(30)21-15-5-3-4-6-19(15)27-20-9-10-28(2)12-16(20)21/h3-8,11,13H,9-10,12H2,1-2H3,(H,26,29). The fourth-order valence-electron chi connectivity index (χ4n) is 3.65. The van der Waals surface area contributed by atoms with E-state index in [-0.39, 0.29) is 5.02 Å². The number of hydrogen-bond acceptors (Lipinski definition) is 5. The average molecular weight is 442 g/mol. The van der Waals surface area contributed by atoms with Crippen molar-refractivity contribution in [1.82, 2.24) is 9.88 Å². The number of pyridine rings is 1. The number of ether oxygens (including phenoxy) is 1. The first-order valence-corrected chi connectivity index (χ1v) is 10.3. The lowest BCUT2D eigenvalue weighted by atomic mass is 9.96. The van der Waals surface area contributed by atoms with E-state index in [0.29, 0.717) is 23.2 Å². The van der Waals surface area contributed by atoms with Crippen LogP contribution in [0.25, 0.3) is 10.9 Å². The summed E-state index contributed by atoms with van der Waals surface area (Å²) in [5.74, 6) is -1.70. The quantitative estimate of drug-likeness (QED) is 0.614. The zero-order valence-corrected chi connectivity index (χ0v) is 17.9. The Labute approximate surface area is 184 Å². The fourth-order valence-corrected chi connectivity index (χ4v) is 3.83. The summed E-state index contributed by atoms with van der Waals surface area (Å²) in [5.41, 5.74) is 3.18. The summed E-state index contributed by atoms with van der Waals surface area (Å²) in [7, 11) is 1.98. The van der Waals surface area contributed by atoms with Crippen LogP contribution in [-0.2, 0) is 22.5 Å². The van der Waals surface area contributed by atoms with Gasteiger partial charge in [-0.2, -0.15) is 0 Å². The van der Waals surface area contributed by atoms with Crippen molar-refractivity contribution < 1.29 is 18.7 Å². The maximum absolute atomic E-state index is 13.3. The van der Waals surface area contributed by atoms with E-state index >= 15 is 0 Å². The van der Waals surface area contributed by atoms with Crippen LogP contribution in [0.1, 0.15) is 28.5 Å². The Hall–Kier alpha value is -3.03. The van der Waals surface area contributed by atoms with E-state index < -0.39 is 23.8 Å². The van der Waals surface area contributed by atoms with Crippen LogP contribution in [-0.4, -0.2) is 41.5 Å². The third-order valence-corrected chi connectivity index (χ3v) is 5.57. The Balaban J connectivity index is 1.60. The van der Waals surface area contributed by atoms with Gasteiger partial charge in [-0.05, 0) is 38.2 Å². The van der Waals surface area contributed by atoms with Crippen LogP contribution in [0.5, 0.6) is 0 Å². The summed E-state index contributed by atoms with van der Waals surface area (Å²) in [4.78, 5) is 32.6. The minimum absolute atomic E-state index is 0.110. The minimum Gasteiger partial charge on any atom is -0.449 e. The number of para-hydroxylation sites is 1. The van der Waals surface area contributed by atoms with E-state index in [0.717, 1.165) is 35.8 Å². The van der Waals surface area contributed by atoms with Gasteiger partial charge in [0.25, 0.3) is 5.91 Å². The zero-order valence-electron chi connectivity index (χ0n) is 17.1. The van der Waals surface area contributed by atoms with Gasteiger partial charge in [0.15, 0.2) is 6.10 Å². The molecule has 6 nitrogen and oxygen atoms in total. The molecule has 1 N–H and O–H groups in total. The van der Waals surface area contributed by atoms with E-state index in [1.165, 1.54) is 19.1 Å². The molecule has 4 rings (SSSR count). The van der Waals surface area contributed by atoms with E-state index in [9.17, 15) is 14.0 Å². The number of nitrogens with zero attached hydrogens (tertiary/aromatic N) is 2. The van der Waals surface area contributed by atoms with Crippen molar-refractivity contribution in [2.45, 2.75) is 26.0 Å². The fraction of sp³-hybridized carbons (Fsp3) is 0.261. The highest BCUT2D eigenvalue weighted by Gasteiger charge is 2.27. The number of carbonyl (C=O) groups is 2. The van der Waals surface area contributed by atoms with Crippen molar-refractivity contribution >= 4 is 40.1 Å². The number of halogens is 2. The van der Waals surface area contributed by atoms with Crippen LogP contribution in [0.3, 0.4) is 0 Å². The molecule has 0 aliphatic carbocycles. The number of benzene rings is 2. The molecule has 0 radical (unpaired) electrons. The Morgan fingerprint density at radius 2 is 2.03 bits per heavy atom. The predicted molar refractivity (Wildman–Crippen MR) is 117 cm³/mol. The van der Waals surface area contributed by atoms with Crippen molar-refractivity contribution in [1.29, 1.82) is 0 Å². The molecule has 0 saturated carbocycles. The van der Waals surface area contributed by atoms with Gasteiger partial charge in [0, 0.05) is 41.8 Å². The number of carbonyl (C=O) groups excluding carboxylic acids is 2. The van der Waals surface area contributed by atoms with Gasteiger partial charge in [-0.15, -0.1) is 0 Å². The highest BCUT2D eigenvalue weighted by molar-refractivity contribution is 6.31. The lowest BCUT2D eigenvalue weighted by molar-refractivity contribution is -0.123. The summed E-state index contributed by atoms with van der Waals surface area (Å²) in [6.07, 6.45) is -0.335. The first kappa shape index (κ1) is 21.2. The second kappa shape index (κ2) is 8.61. The van der Waals surface area contributed by atoms with E-state index in [1.807, 2.05) is 31.3 Å². The number of anilines is 1. The molecule has 1 aliphatic heterocycles. The maximum atomic E-state index is 13.3. The van der Waals surface area contributed by atoms with Crippen LogP contribution in [0.15, 0.2) is 42.5 Å². The number of rotatable bonds is 4. The second-order valence-corrected chi connectivity index (χ2v) is 7.99. The van der Waals surface area contributed by atoms with Crippen LogP contribution in [0, 0.1) is 5.82 Å². The van der Waals surface area contributed by atoms with E-state index in [4.69, 9.17) is 21.3 Å². The summed E-state index contributed by atoms with van der Waals surface area (Å²) in [6.45, 7) is 2.92. The molecule has 2 heterocycles. The predicted octanol–water partition coefficient (Wildman–Crippen LogP) is 4.20. The summed E-state index contributed by atoms with van der Waals surface area (Å²) in [5, 5.41) is 3.17. The van der Waals surface area contributed by atoms with Crippen LogP contribution in [0.4, 0.5) is 10.1 Å². The summed E-state index contributed by atoms with van der Waals surface area (Å²) in [6, 6.07) is 11.2. The number of likely N-dealkylation sites (N-methyl/N-ethyl adjacent to an activating group) is 1. The summed E-state index contributed by atoms with van der Waals surface area (Å²) >= 11 is 5.75. The Kier molecular flexibility index (Phi) is 5.89. The van der Waals surface area contributed by atoms with Gasteiger partial charge in [0.05, 0.1) is 16.1 Å². The van der Waals surface area contributed by atoms with Gasteiger partial charge >= 0.3 is 5.97 Å².